The van der Waals surface area contributed by atoms with Gasteiger partial charge in [-0.15, -0.1) is 0 Å². The Morgan fingerprint density at radius 1 is 1.15 bits per heavy atom. The minimum Gasteiger partial charge on any atom is -0.307 e. The summed E-state index contributed by atoms with van der Waals surface area (Å²) in [5, 5.41) is 2.83. The van der Waals surface area contributed by atoms with Gasteiger partial charge in [-0.25, -0.2) is 4.98 Å². The van der Waals surface area contributed by atoms with Gasteiger partial charge in [-0.05, 0) is 50.1 Å². The van der Waals surface area contributed by atoms with Crippen LogP contribution in [0, 0.1) is 13.8 Å². The van der Waals surface area contributed by atoms with E-state index in [1.807, 2.05) is 62.4 Å². The summed E-state index contributed by atoms with van der Waals surface area (Å²) < 4.78 is 0. The molecule has 1 aromatic carbocycles. The molecule has 0 unspecified atom stereocenters. The first-order chi connectivity index (χ1) is 9.54. The lowest BCUT2D eigenvalue weighted by atomic mass is 10.1. The number of nitrogens with one attached hydrogen (secondary N) is 1. The molecule has 0 saturated carbocycles. The zero-order valence-corrected chi connectivity index (χ0v) is 12.0. The van der Waals surface area contributed by atoms with Gasteiger partial charge >= 0.3 is 0 Å². The Morgan fingerprint density at radius 3 is 2.50 bits per heavy atom. The number of benzene rings is 1. The number of rotatable bonds is 3. The quantitative estimate of drug-likeness (QED) is 0.860. The molecule has 0 fully saturated rings. The predicted octanol–water partition coefficient (Wildman–Crippen LogP) is 3.74. The second kappa shape index (κ2) is 6.15. The predicted molar refractivity (Wildman–Crippen MR) is 82.4 cm³/mol. The minimum absolute atomic E-state index is 0.133. The van der Waals surface area contributed by atoms with Crippen LogP contribution in [-0.4, -0.2) is 10.9 Å². The maximum atomic E-state index is 12.1. The number of carbonyl (C=O) groups is 1. The number of nitrogens with zero attached hydrogens (tertiary/aromatic N) is 1. The molecule has 0 aliphatic carbocycles. The fourth-order valence-corrected chi connectivity index (χ4v) is 1.99. The summed E-state index contributed by atoms with van der Waals surface area (Å²) in [7, 11) is 0. The van der Waals surface area contributed by atoms with Crippen LogP contribution in [0.3, 0.4) is 0 Å². The van der Waals surface area contributed by atoms with Gasteiger partial charge in [0.05, 0.1) is 0 Å². The summed E-state index contributed by atoms with van der Waals surface area (Å²) in [5.41, 5.74) is 3.63. The van der Waals surface area contributed by atoms with Crippen molar-refractivity contribution < 1.29 is 4.79 Å². The third-order valence-corrected chi connectivity index (χ3v) is 2.88. The van der Waals surface area contributed by atoms with Gasteiger partial charge in [0.1, 0.15) is 5.82 Å². The molecule has 0 spiro atoms. The summed E-state index contributed by atoms with van der Waals surface area (Å²) in [5.74, 6) is 0.458. The van der Waals surface area contributed by atoms with Gasteiger partial charge in [0.25, 0.3) is 5.91 Å². The van der Waals surface area contributed by atoms with Crippen LogP contribution < -0.4 is 5.32 Å². The molecule has 0 saturated heterocycles. The number of pyridine rings is 1. The fraction of sp³-hybridized carbons (Fsp3) is 0.176. The van der Waals surface area contributed by atoms with Crippen LogP contribution in [0.4, 0.5) is 5.82 Å². The van der Waals surface area contributed by atoms with Crippen molar-refractivity contribution in [3.63, 3.8) is 0 Å². The number of hydrogen-bond donors (Lipinski definition) is 1. The Kier molecular flexibility index (Phi) is 4.31. The molecule has 1 aromatic heterocycles. The van der Waals surface area contributed by atoms with Crippen molar-refractivity contribution in [2.45, 2.75) is 20.8 Å². The molecular formula is C17H18N2O. The van der Waals surface area contributed by atoms with Crippen molar-refractivity contribution in [2.75, 3.05) is 5.32 Å². The Labute approximate surface area is 119 Å². The summed E-state index contributed by atoms with van der Waals surface area (Å²) in [4.78, 5) is 16.4. The molecule has 0 aliphatic rings. The lowest BCUT2D eigenvalue weighted by molar-refractivity contribution is -0.112. The summed E-state index contributed by atoms with van der Waals surface area (Å²) >= 11 is 0. The molecule has 1 amide bonds. The highest BCUT2D eigenvalue weighted by Crippen LogP contribution is 2.12. The average Bonchev–Trinajstić information content (AvgIpc) is 2.38. The Bertz CT molecular complexity index is 625. The van der Waals surface area contributed by atoms with Crippen molar-refractivity contribution in [3.05, 3.63) is 64.9 Å². The summed E-state index contributed by atoms with van der Waals surface area (Å²) in [6, 6.07) is 13.6. The highest BCUT2D eigenvalue weighted by molar-refractivity contribution is 6.05. The van der Waals surface area contributed by atoms with E-state index in [0.717, 1.165) is 16.8 Å². The topological polar surface area (TPSA) is 42.0 Å². The van der Waals surface area contributed by atoms with Gasteiger partial charge < -0.3 is 5.32 Å². The van der Waals surface area contributed by atoms with E-state index in [2.05, 4.69) is 10.3 Å². The molecule has 2 rings (SSSR count). The largest absolute Gasteiger partial charge is 0.307 e. The van der Waals surface area contributed by atoms with Gasteiger partial charge in [0, 0.05) is 11.3 Å². The summed E-state index contributed by atoms with van der Waals surface area (Å²) in [6.07, 6.45) is 1.86. The van der Waals surface area contributed by atoms with Crippen LogP contribution in [-0.2, 0) is 4.79 Å². The third-order valence-electron chi connectivity index (χ3n) is 2.88. The van der Waals surface area contributed by atoms with Crippen LogP contribution in [0.1, 0.15) is 23.7 Å². The van der Waals surface area contributed by atoms with Crippen molar-refractivity contribution in [1.82, 2.24) is 4.98 Å². The number of hydrogen-bond acceptors (Lipinski definition) is 2. The Morgan fingerprint density at radius 2 is 1.85 bits per heavy atom. The molecule has 1 heterocycles. The van der Waals surface area contributed by atoms with Gasteiger partial charge in [-0.1, -0.05) is 30.3 Å². The van der Waals surface area contributed by atoms with Crippen LogP contribution in [0.15, 0.2) is 48.0 Å². The molecule has 102 valence electrons. The maximum Gasteiger partial charge on any atom is 0.252 e. The van der Waals surface area contributed by atoms with Crippen molar-refractivity contribution in [2.24, 2.45) is 0 Å². The molecule has 1 N–H and O–H groups in total. The normalized spacial score (nSPS) is 11.2. The van der Waals surface area contributed by atoms with E-state index in [-0.39, 0.29) is 5.91 Å². The Hall–Kier alpha value is -2.42. The molecule has 3 heteroatoms. The first-order valence-electron chi connectivity index (χ1n) is 6.54. The lowest BCUT2D eigenvalue weighted by Gasteiger charge is -2.07. The molecule has 0 atom stereocenters. The van der Waals surface area contributed by atoms with Gasteiger partial charge in [-0.2, -0.15) is 0 Å². The van der Waals surface area contributed by atoms with Crippen LogP contribution in [0.2, 0.25) is 0 Å². The van der Waals surface area contributed by atoms with Gasteiger partial charge in [0.2, 0.25) is 0 Å². The highest BCUT2D eigenvalue weighted by Gasteiger charge is 2.06. The van der Waals surface area contributed by atoms with E-state index in [0.29, 0.717) is 11.4 Å². The van der Waals surface area contributed by atoms with Crippen molar-refractivity contribution >= 4 is 17.8 Å². The number of anilines is 1. The molecule has 3 nitrogen and oxygen atoms in total. The van der Waals surface area contributed by atoms with E-state index in [9.17, 15) is 4.79 Å². The zero-order chi connectivity index (χ0) is 14.5. The zero-order valence-electron chi connectivity index (χ0n) is 12.0. The second-order valence-corrected chi connectivity index (χ2v) is 4.86. The SMILES string of the molecule is C/C(=C\c1ccccc1)C(=O)Nc1cc(C)cc(C)n1. The molecule has 0 aliphatic heterocycles. The van der Waals surface area contributed by atoms with E-state index < -0.39 is 0 Å². The number of aromatic nitrogens is 1. The van der Waals surface area contributed by atoms with Crippen molar-refractivity contribution in [1.29, 1.82) is 0 Å². The molecule has 0 bridgehead atoms. The van der Waals surface area contributed by atoms with Crippen LogP contribution in [0.25, 0.3) is 6.08 Å². The first kappa shape index (κ1) is 14.0. The fourth-order valence-electron chi connectivity index (χ4n) is 1.99. The first-order valence-corrected chi connectivity index (χ1v) is 6.54. The molecule has 0 radical (unpaired) electrons. The number of amides is 1. The van der Waals surface area contributed by atoms with Crippen molar-refractivity contribution in [3.8, 4) is 0 Å². The Balaban J connectivity index is 2.13. The van der Waals surface area contributed by atoms with Gasteiger partial charge in [0.15, 0.2) is 0 Å². The van der Waals surface area contributed by atoms with Gasteiger partial charge in [-0.3, -0.25) is 4.79 Å². The van der Waals surface area contributed by atoms with Crippen LogP contribution in [0.5, 0.6) is 0 Å². The molecular weight excluding hydrogens is 248 g/mol. The van der Waals surface area contributed by atoms with Crippen LogP contribution >= 0.6 is 0 Å². The van der Waals surface area contributed by atoms with E-state index in [1.165, 1.54) is 0 Å². The van der Waals surface area contributed by atoms with E-state index in [1.54, 1.807) is 6.92 Å². The molecule has 2 aromatic rings. The number of carbonyl (C=O) groups excluding carboxylic acids is 1. The smallest absolute Gasteiger partial charge is 0.252 e. The monoisotopic (exact) mass is 266 g/mol. The van der Waals surface area contributed by atoms with E-state index >= 15 is 0 Å². The second-order valence-electron chi connectivity index (χ2n) is 4.86. The van der Waals surface area contributed by atoms with E-state index in [4.69, 9.17) is 0 Å². The maximum absolute atomic E-state index is 12.1. The average molecular weight is 266 g/mol. The minimum atomic E-state index is -0.133. The lowest BCUT2D eigenvalue weighted by Crippen LogP contribution is -2.14. The number of aryl methyl sites for hydroxylation is 2. The summed E-state index contributed by atoms with van der Waals surface area (Å²) in [6.45, 7) is 5.69. The molecule has 20 heavy (non-hydrogen) atoms. The highest BCUT2D eigenvalue weighted by atomic mass is 16.1. The standard InChI is InChI=1S/C17H18N2O/c1-12-9-14(3)18-16(10-12)19-17(20)13(2)11-15-7-5-4-6-8-15/h4-11H,1-3H3,(H,18,19,20)/b13-11+. The third kappa shape index (κ3) is 3.79.